The van der Waals surface area contributed by atoms with E-state index in [1.807, 2.05) is 32.0 Å². The minimum atomic E-state index is -0.183. The molecule has 4 rings (SSSR count). The second kappa shape index (κ2) is 8.33. The predicted molar refractivity (Wildman–Crippen MR) is 113 cm³/mol. The Kier molecular flexibility index (Phi) is 5.44. The van der Waals surface area contributed by atoms with Crippen molar-refractivity contribution in [3.63, 3.8) is 0 Å². The number of carbonyl (C=O) groups excluding carboxylic acids is 1. The second-order valence-electron chi connectivity index (χ2n) is 7.51. The van der Waals surface area contributed by atoms with Crippen LogP contribution in [0.1, 0.15) is 29.8 Å². The number of aryl methyl sites for hydroxylation is 2. The summed E-state index contributed by atoms with van der Waals surface area (Å²) < 4.78 is 1.80. The number of aromatic nitrogens is 4. The smallest absolute Gasteiger partial charge is 0.229 e. The van der Waals surface area contributed by atoms with E-state index in [-0.39, 0.29) is 11.8 Å². The molecule has 2 aromatic heterocycles. The molecule has 1 atom stereocenters. The molecule has 1 saturated heterocycles. The van der Waals surface area contributed by atoms with Gasteiger partial charge in [0.25, 0.3) is 0 Å². The molecule has 0 saturated carbocycles. The lowest BCUT2D eigenvalue weighted by Gasteiger charge is -2.33. The highest BCUT2D eigenvalue weighted by Crippen LogP contribution is 2.24. The molecule has 1 aliphatic heterocycles. The Balaban J connectivity index is 1.50. The zero-order valence-corrected chi connectivity index (χ0v) is 17.0. The van der Waals surface area contributed by atoms with Gasteiger partial charge in [-0.25, -0.2) is 14.6 Å². The van der Waals surface area contributed by atoms with E-state index in [0.717, 1.165) is 36.6 Å². The number of piperidine rings is 1. The standard InChI is InChI=1S/C22H23N7O/c1-15-10-16(2)29(27-15)21-11-20(24-14-25-21)28-9-5-7-18(13-28)22(30)26-19-8-4-3-6-17(19)12-23/h3-4,6,8,10-11,14,18H,5,7,9,13H2,1-2H3,(H,26,30). The minimum absolute atomic E-state index is 0.0739. The zero-order valence-electron chi connectivity index (χ0n) is 17.0. The average molecular weight is 401 g/mol. The van der Waals surface area contributed by atoms with Gasteiger partial charge in [0.15, 0.2) is 5.82 Å². The van der Waals surface area contributed by atoms with Crippen molar-refractivity contribution in [2.75, 3.05) is 23.3 Å². The van der Waals surface area contributed by atoms with Crippen LogP contribution in [0.4, 0.5) is 11.5 Å². The molecule has 0 radical (unpaired) electrons. The van der Waals surface area contributed by atoms with Crippen LogP contribution in [-0.2, 0) is 4.79 Å². The molecular weight excluding hydrogens is 378 g/mol. The summed E-state index contributed by atoms with van der Waals surface area (Å²) in [7, 11) is 0. The van der Waals surface area contributed by atoms with Crippen molar-refractivity contribution in [1.29, 1.82) is 5.26 Å². The number of hydrogen-bond acceptors (Lipinski definition) is 6. The number of anilines is 2. The fourth-order valence-corrected chi connectivity index (χ4v) is 3.81. The van der Waals surface area contributed by atoms with E-state index in [4.69, 9.17) is 0 Å². The maximum Gasteiger partial charge on any atom is 0.229 e. The molecule has 1 aliphatic rings. The first-order valence-electron chi connectivity index (χ1n) is 9.96. The fourth-order valence-electron chi connectivity index (χ4n) is 3.81. The molecule has 1 fully saturated rings. The van der Waals surface area contributed by atoms with Crippen LogP contribution < -0.4 is 10.2 Å². The van der Waals surface area contributed by atoms with Crippen molar-refractivity contribution >= 4 is 17.4 Å². The molecule has 0 bridgehead atoms. The molecule has 8 nitrogen and oxygen atoms in total. The van der Waals surface area contributed by atoms with Gasteiger partial charge in [-0.15, -0.1) is 0 Å². The molecule has 1 unspecified atom stereocenters. The molecule has 1 amide bonds. The Bertz CT molecular complexity index is 1110. The molecule has 8 heteroatoms. The Morgan fingerprint density at radius 3 is 2.77 bits per heavy atom. The Labute approximate surface area is 175 Å². The Morgan fingerprint density at radius 2 is 2.00 bits per heavy atom. The lowest BCUT2D eigenvalue weighted by molar-refractivity contribution is -0.120. The summed E-state index contributed by atoms with van der Waals surface area (Å²) in [6.45, 7) is 5.33. The largest absolute Gasteiger partial charge is 0.356 e. The van der Waals surface area contributed by atoms with Crippen LogP contribution in [0.2, 0.25) is 0 Å². The number of nitriles is 1. The maximum absolute atomic E-state index is 12.9. The van der Waals surface area contributed by atoms with Crippen molar-refractivity contribution in [2.24, 2.45) is 5.92 Å². The molecule has 0 spiro atoms. The molecule has 30 heavy (non-hydrogen) atoms. The van der Waals surface area contributed by atoms with Crippen molar-refractivity contribution < 1.29 is 4.79 Å². The predicted octanol–water partition coefficient (Wildman–Crippen LogP) is 3.01. The minimum Gasteiger partial charge on any atom is -0.356 e. The number of hydrogen-bond donors (Lipinski definition) is 1. The number of benzene rings is 1. The highest BCUT2D eigenvalue weighted by atomic mass is 16.1. The van der Waals surface area contributed by atoms with E-state index >= 15 is 0 Å². The van der Waals surface area contributed by atoms with Crippen LogP contribution in [0.3, 0.4) is 0 Å². The summed E-state index contributed by atoms with van der Waals surface area (Å²) in [6, 6.07) is 13.1. The van der Waals surface area contributed by atoms with Crippen molar-refractivity contribution in [1.82, 2.24) is 19.7 Å². The normalized spacial score (nSPS) is 16.2. The third-order valence-electron chi connectivity index (χ3n) is 5.29. The van der Waals surface area contributed by atoms with Crippen LogP contribution in [0.15, 0.2) is 42.7 Å². The highest BCUT2D eigenvalue weighted by molar-refractivity contribution is 5.94. The first-order chi connectivity index (χ1) is 14.5. The van der Waals surface area contributed by atoms with Crippen LogP contribution in [0, 0.1) is 31.1 Å². The summed E-state index contributed by atoms with van der Waals surface area (Å²) in [6.07, 6.45) is 3.22. The van der Waals surface area contributed by atoms with Gasteiger partial charge in [-0.2, -0.15) is 10.4 Å². The molecule has 152 valence electrons. The summed E-state index contributed by atoms with van der Waals surface area (Å²) in [4.78, 5) is 23.8. The van der Waals surface area contributed by atoms with Gasteiger partial charge < -0.3 is 10.2 Å². The van der Waals surface area contributed by atoms with Crippen molar-refractivity contribution in [3.05, 3.63) is 59.7 Å². The topological polar surface area (TPSA) is 99.7 Å². The first-order valence-corrected chi connectivity index (χ1v) is 9.96. The molecule has 0 aliphatic carbocycles. The molecule has 3 heterocycles. The maximum atomic E-state index is 12.9. The van der Waals surface area contributed by atoms with Crippen LogP contribution in [-0.4, -0.2) is 38.7 Å². The number of carbonyl (C=O) groups is 1. The van der Waals surface area contributed by atoms with Crippen molar-refractivity contribution in [3.8, 4) is 11.9 Å². The van der Waals surface area contributed by atoms with Crippen LogP contribution in [0.5, 0.6) is 0 Å². The lowest BCUT2D eigenvalue weighted by atomic mass is 9.97. The van der Waals surface area contributed by atoms with Gasteiger partial charge in [0, 0.05) is 24.8 Å². The monoisotopic (exact) mass is 401 g/mol. The summed E-state index contributed by atoms with van der Waals surface area (Å²) in [5.74, 6) is 1.23. The van der Waals surface area contributed by atoms with E-state index in [1.165, 1.54) is 6.33 Å². The highest BCUT2D eigenvalue weighted by Gasteiger charge is 2.27. The average Bonchev–Trinajstić information content (AvgIpc) is 3.12. The molecule has 1 aromatic carbocycles. The summed E-state index contributed by atoms with van der Waals surface area (Å²) in [5, 5.41) is 16.6. The number of amides is 1. The van der Waals surface area contributed by atoms with Gasteiger partial charge in [-0.1, -0.05) is 12.1 Å². The van der Waals surface area contributed by atoms with E-state index in [0.29, 0.717) is 23.6 Å². The van der Waals surface area contributed by atoms with Gasteiger partial charge in [0.05, 0.1) is 22.9 Å². The van der Waals surface area contributed by atoms with Crippen LogP contribution in [0.25, 0.3) is 5.82 Å². The number of nitrogens with zero attached hydrogens (tertiary/aromatic N) is 6. The van der Waals surface area contributed by atoms with Crippen LogP contribution >= 0.6 is 0 Å². The molecule has 1 N–H and O–H groups in total. The molecular formula is C22H23N7O. The van der Waals surface area contributed by atoms with E-state index in [2.05, 4.69) is 31.4 Å². The Hall–Kier alpha value is -3.73. The number of nitrogens with one attached hydrogen (secondary N) is 1. The Morgan fingerprint density at radius 1 is 1.20 bits per heavy atom. The first kappa shape index (κ1) is 19.6. The van der Waals surface area contributed by atoms with E-state index < -0.39 is 0 Å². The fraction of sp³-hybridized carbons (Fsp3) is 0.318. The van der Waals surface area contributed by atoms with Gasteiger partial charge in [0.1, 0.15) is 18.2 Å². The van der Waals surface area contributed by atoms with Gasteiger partial charge in [-0.3, -0.25) is 4.79 Å². The van der Waals surface area contributed by atoms with Crippen molar-refractivity contribution in [2.45, 2.75) is 26.7 Å². The number of para-hydroxylation sites is 1. The SMILES string of the molecule is Cc1cc(C)n(-c2cc(N3CCCC(C(=O)Nc4ccccc4C#N)C3)ncn2)n1. The second-order valence-corrected chi connectivity index (χ2v) is 7.51. The van der Waals surface area contributed by atoms with Gasteiger partial charge >= 0.3 is 0 Å². The van der Waals surface area contributed by atoms with Gasteiger partial charge in [-0.05, 0) is 44.9 Å². The third-order valence-corrected chi connectivity index (χ3v) is 5.29. The third kappa shape index (κ3) is 4.01. The quantitative estimate of drug-likeness (QED) is 0.721. The number of rotatable bonds is 4. The van der Waals surface area contributed by atoms with Gasteiger partial charge in [0.2, 0.25) is 5.91 Å². The lowest BCUT2D eigenvalue weighted by Crippen LogP contribution is -2.41. The van der Waals surface area contributed by atoms with E-state index in [1.54, 1.807) is 22.9 Å². The zero-order chi connectivity index (χ0) is 21.1. The van der Waals surface area contributed by atoms with E-state index in [9.17, 15) is 10.1 Å². The summed E-state index contributed by atoms with van der Waals surface area (Å²) >= 11 is 0. The summed E-state index contributed by atoms with van der Waals surface area (Å²) in [5.41, 5.74) is 2.95. The molecule has 3 aromatic rings.